The Bertz CT molecular complexity index is 2330. The van der Waals surface area contributed by atoms with E-state index in [0.717, 1.165) is 6.92 Å². The van der Waals surface area contributed by atoms with Gasteiger partial charge in [0.15, 0.2) is 68.6 Å². The summed E-state index contributed by atoms with van der Waals surface area (Å²) in [4.78, 5) is 38.1. The van der Waals surface area contributed by atoms with Crippen molar-refractivity contribution in [2.45, 2.75) is 266 Å². The number of aliphatic carboxylic acids is 3. The van der Waals surface area contributed by atoms with Gasteiger partial charge in [0.1, 0.15) is 159 Å². The van der Waals surface area contributed by atoms with Crippen LogP contribution in [0.15, 0.2) is 0 Å². The molecule has 0 aromatic carbocycles. The second kappa shape index (κ2) is 29.3. The molecule has 514 valence electrons. The molecule has 40 atom stereocenters. The zero-order valence-corrected chi connectivity index (χ0v) is 46.6. The van der Waals surface area contributed by atoms with E-state index in [1.807, 2.05) is 0 Å². The molecular formula is C48H76O41. The normalized spacial score (nSPS) is 53.4. The summed E-state index contributed by atoms with van der Waals surface area (Å²) in [6.45, 7) is 1.65. The number of carbonyl (C=O) groups is 3. The fourth-order valence-electron chi connectivity index (χ4n) is 11.2. The minimum atomic E-state index is -2.60. The number of aliphatic hydroxyl groups is 20. The molecule has 0 aromatic heterocycles. The number of hydrogen-bond donors (Lipinski definition) is 23. The highest BCUT2D eigenvalue weighted by Crippen LogP contribution is 2.40. The lowest BCUT2D eigenvalue weighted by atomic mass is 9.95. The quantitative estimate of drug-likeness (QED) is 0.0571. The predicted molar refractivity (Wildman–Crippen MR) is 262 cm³/mol. The van der Waals surface area contributed by atoms with Crippen LogP contribution in [0.4, 0.5) is 0 Å². The molecule has 41 heteroatoms. The van der Waals surface area contributed by atoms with Gasteiger partial charge < -0.3 is 189 Å². The van der Waals surface area contributed by atoms with Gasteiger partial charge in [-0.25, -0.2) is 14.4 Å². The molecule has 0 bridgehead atoms. The summed E-state index contributed by atoms with van der Waals surface area (Å²) < 4.78 is 83.8. The second-order valence-corrected chi connectivity index (χ2v) is 22.4. The first-order valence-electron chi connectivity index (χ1n) is 27.7. The van der Waals surface area contributed by atoms with E-state index in [2.05, 4.69) is 0 Å². The maximum absolute atomic E-state index is 13.1. The fraction of sp³-hybridized carbons (Fsp3) is 0.938. The van der Waals surface area contributed by atoms with Gasteiger partial charge in [0.2, 0.25) is 0 Å². The minimum Gasteiger partial charge on any atom is -0.479 e. The van der Waals surface area contributed by atoms with Gasteiger partial charge in [-0.3, -0.25) is 0 Å². The number of ether oxygens (including phenoxy) is 15. The van der Waals surface area contributed by atoms with Crippen molar-refractivity contribution in [3.8, 4) is 0 Å². The van der Waals surface area contributed by atoms with Gasteiger partial charge in [-0.05, 0) is 20.8 Å². The Labute approximate surface area is 499 Å². The Morgan fingerprint density at radius 2 is 0.539 bits per heavy atom. The summed E-state index contributed by atoms with van der Waals surface area (Å²) in [6.07, 6.45) is -85.5. The fourth-order valence-corrected chi connectivity index (χ4v) is 11.2. The zero-order valence-electron chi connectivity index (χ0n) is 46.6. The summed E-state index contributed by atoms with van der Waals surface area (Å²) >= 11 is 0. The Balaban J connectivity index is 1.03. The van der Waals surface area contributed by atoms with Crippen molar-refractivity contribution in [2.24, 2.45) is 0 Å². The van der Waals surface area contributed by atoms with E-state index < -0.39 is 277 Å². The third-order valence-corrected chi connectivity index (χ3v) is 16.4. The molecule has 41 nitrogen and oxygen atoms in total. The van der Waals surface area contributed by atoms with Crippen molar-refractivity contribution in [1.29, 1.82) is 0 Å². The van der Waals surface area contributed by atoms with E-state index in [1.165, 1.54) is 13.8 Å². The highest BCUT2D eigenvalue weighted by molar-refractivity contribution is 5.74. The lowest BCUT2D eigenvalue weighted by Gasteiger charge is -2.50. The van der Waals surface area contributed by atoms with Gasteiger partial charge in [0, 0.05) is 0 Å². The van der Waals surface area contributed by atoms with Crippen LogP contribution in [0.1, 0.15) is 20.8 Å². The molecule has 8 saturated heterocycles. The van der Waals surface area contributed by atoms with Crippen LogP contribution in [-0.4, -0.2) is 394 Å². The molecule has 0 aromatic rings. The van der Waals surface area contributed by atoms with Gasteiger partial charge in [0.25, 0.3) is 0 Å². The summed E-state index contributed by atoms with van der Waals surface area (Å²) in [5.74, 6) is -5.94. The first-order chi connectivity index (χ1) is 41.7. The van der Waals surface area contributed by atoms with Gasteiger partial charge in [-0.1, -0.05) is 0 Å². The smallest absolute Gasteiger partial charge is 0.335 e. The molecule has 0 spiro atoms. The minimum absolute atomic E-state index is 0.870. The number of carboxylic acid groups (broad SMARTS) is 3. The van der Waals surface area contributed by atoms with Crippen molar-refractivity contribution >= 4 is 17.9 Å². The van der Waals surface area contributed by atoms with Crippen molar-refractivity contribution in [2.75, 3.05) is 13.2 Å². The van der Waals surface area contributed by atoms with Crippen molar-refractivity contribution in [3.05, 3.63) is 0 Å². The number of aliphatic hydroxyl groups excluding tert-OH is 20. The molecule has 8 aliphatic rings. The Morgan fingerprint density at radius 3 is 0.944 bits per heavy atom. The number of carboxylic acids is 3. The Hall–Kier alpha value is -2.99. The molecule has 8 rings (SSSR count). The highest BCUT2D eigenvalue weighted by Gasteiger charge is 2.61. The third-order valence-electron chi connectivity index (χ3n) is 16.4. The predicted octanol–water partition coefficient (Wildman–Crippen LogP) is -15.1. The second-order valence-electron chi connectivity index (χ2n) is 22.4. The summed E-state index contributed by atoms with van der Waals surface area (Å²) in [5.41, 5.74) is 0. The molecule has 89 heavy (non-hydrogen) atoms. The summed E-state index contributed by atoms with van der Waals surface area (Å²) in [5, 5.41) is 247. The molecule has 0 aliphatic carbocycles. The molecule has 8 fully saturated rings. The molecule has 1 unspecified atom stereocenters. The van der Waals surface area contributed by atoms with Gasteiger partial charge in [-0.2, -0.15) is 0 Å². The summed E-state index contributed by atoms with van der Waals surface area (Å²) in [6, 6.07) is 0. The van der Waals surface area contributed by atoms with Crippen LogP contribution in [0.2, 0.25) is 0 Å². The van der Waals surface area contributed by atoms with E-state index in [0.29, 0.717) is 0 Å². The Morgan fingerprint density at radius 1 is 0.270 bits per heavy atom. The van der Waals surface area contributed by atoms with E-state index in [-0.39, 0.29) is 0 Å². The van der Waals surface area contributed by atoms with Gasteiger partial charge >= 0.3 is 17.9 Å². The molecule has 8 aliphatic heterocycles. The van der Waals surface area contributed by atoms with Crippen LogP contribution in [0, 0.1) is 0 Å². The molecule has 23 N–H and O–H groups in total. The van der Waals surface area contributed by atoms with E-state index >= 15 is 0 Å². The average Bonchev–Trinajstić information content (AvgIpc) is 2.95. The lowest BCUT2D eigenvalue weighted by molar-refractivity contribution is -0.407. The molecular weight excluding hydrogens is 1230 g/mol. The van der Waals surface area contributed by atoms with Gasteiger partial charge in [-0.15, -0.1) is 0 Å². The molecule has 8 heterocycles. The first-order valence-corrected chi connectivity index (χ1v) is 27.7. The van der Waals surface area contributed by atoms with Crippen LogP contribution in [0.25, 0.3) is 0 Å². The van der Waals surface area contributed by atoms with Crippen molar-refractivity contribution in [3.63, 3.8) is 0 Å². The monoisotopic (exact) mass is 1310 g/mol. The standard InChI is InChI=1S/C48H76O41/c1-6-11(51)16(56)33(47(75-6)84-30-17(57)21(61)41(74)80-35(30)38(68)69)86-45-26(66)20(60)32(37(89-45)40(72)73)85-48-34(27(67)29(8(3)77-48)82-44-23(63)15(55)13(53)10(5-50)79-44)87-46-25(65)19(59)31(36(88-46)39(70)71)83-42-24(64)18(58)28(7(2)76-42)81-43-22(62)14(54)12(52)9(4-49)78-43/h6-37,41-67,74H,4-5H2,1-3H3,(H,68,69)(H,70,71)(H,72,73)/t6-,7-,8-,9+,10+,11-,12-,13-,14-,15-,16+,17+,18-,19+,20+,21+,22+,23+,24+,25+,26+,27+,28-,29-,30+,31+,32+,33+,34+,35-,36-,37-,41?,42-,43-,44-,45-,46-,47-,48-/m0/s1. The third kappa shape index (κ3) is 14.5. The molecule has 0 amide bonds. The number of hydrogen-bond acceptors (Lipinski definition) is 38. The topological polar surface area (TPSA) is 655 Å². The van der Waals surface area contributed by atoms with Crippen LogP contribution in [0.3, 0.4) is 0 Å². The van der Waals surface area contributed by atoms with Crippen LogP contribution >= 0.6 is 0 Å². The molecule has 0 radical (unpaired) electrons. The SMILES string of the molecule is C[C@@H]1O[C@@H](O[C@@H]2[C@H](O)[C@@H](O)C(O)O[C@@H]2C(=O)O)[C@H](O[C@H]2O[C@H](C(=O)O)[C@H](O[C@@H]3O[C@@H](C)[C@H](O[C@@H]4O[C@H](CO)[C@H](O)[C@H](O)[C@H]4O)[C@@H](O)[C@H]3O[C@H]3O[C@H](C(=O)O)[C@H](O[C@@H]4O[C@@H](C)[C@H](O[C@@H]5O[C@H](CO)[C@H](O)[C@H](O)[C@H]5O)[C@@H](O)[C@H]4O)[C@H](O)[C@H]3O)[C@H](O)[C@H]2O)[C@H](O)[C@H]1O. The largest absolute Gasteiger partial charge is 0.479 e. The van der Waals surface area contributed by atoms with Crippen LogP contribution in [-0.2, 0) is 85.4 Å². The van der Waals surface area contributed by atoms with E-state index in [1.54, 1.807) is 0 Å². The van der Waals surface area contributed by atoms with Crippen LogP contribution < -0.4 is 0 Å². The average molecular weight is 1310 g/mol. The van der Waals surface area contributed by atoms with Crippen LogP contribution in [0.5, 0.6) is 0 Å². The maximum Gasteiger partial charge on any atom is 0.335 e. The van der Waals surface area contributed by atoms with E-state index in [9.17, 15) is 132 Å². The Kier molecular flexibility index (Phi) is 23.7. The first kappa shape index (κ1) is 71.9. The van der Waals surface area contributed by atoms with Crippen molar-refractivity contribution < 1.29 is 203 Å². The number of rotatable bonds is 19. The van der Waals surface area contributed by atoms with Gasteiger partial charge in [0.05, 0.1) is 31.5 Å². The highest BCUT2D eigenvalue weighted by atomic mass is 16.8. The van der Waals surface area contributed by atoms with E-state index in [4.69, 9.17) is 71.1 Å². The maximum atomic E-state index is 13.1. The zero-order chi connectivity index (χ0) is 65.8. The molecule has 0 saturated carbocycles. The summed E-state index contributed by atoms with van der Waals surface area (Å²) in [7, 11) is 0. The lowest BCUT2D eigenvalue weighted by Crippen LogP contribution is -2.69. The van der Waals surface area contributed by atoms with Crippen molar-refractivity contribution in [1.82, 2.24) is 0 Å².